The molecule has 2 heterocycles. The summed E-state index contributed by atoms with van der Waals surface area (Å²) in [6.07, 6.45) is 0.807. The van der Waals surface area contributed by atoms with Gasteiger partial charge in [-0.2, -0.15) is 4.98 Å². The van der Waals surface area contributed by atoms with Gasteiger partial charge in [0.25, 0.3) is 5.82 Å². The number of benzene rings is 2. The van der Waals surface area contributed by atoms with Gasteiger partial charge in [-0.3, -0.25) is 5.32 Å². The van der Waals surface area contributed by atoms with Gasteiger partial charge in [-0.1, -0.05) is 49.4 Å². The maximum Gasteiger partial charge on any atom is 0.272 e. The molecule has 0 fully saturated rings. The van der Waals surface area contributed by atoms with Crippen LogP contribution in [0.25, 0.3) is 22.1 Å². The molecule has 4 heteroatoms. The van der Waals surface area contributed by atoms with E-state index in [1.165, 1.54) is 5.56 Å². The molecule has 4 rings (SSSR count). The largest absolute Gasteiger partial charge is 0.446 e. The fraction of sp³-hybridized carbons (Fsp3) is 0.158. The standard InChI is InChI=1S/C19H17N3O/c1-2-16-21-17-14-10-6-7-11-15(14)23-18(17)19(22-16)20-12-13-8-4-3-5-9-13/h3-11H,2,12H2,1H3,(H,20,21,22)/p+1. The predicted molar refractivity (Wildman–Crippen MR) is 90.4 cm³/mol. The summed E-state index contributed by atoms with van der Waals surface area (Å²) in [7, 11) is 0. The second kappa shape index (κ2) is 5.82. The topological polar surface area (TPSA) is 55.5 Å². The second-order valence-corrected chi connectivity index (χ2v) is 5.55. The molecule has 2 N–H and O–H groups in total. The van der Waals surface area contributed by atoms with E-state index in [0.717, 1.165) is 46.7 Å². The van der Waals surface area contributed by atoms with Crippen molar-refractivity contribution in [1.29, 1.82) is 0 Å². The Bertz CT molecular complexity index is 960. The van der Waals surface area contributed by atoms with Crippen molar-refractivity contribution in [2.45, 2.75) is 19.9 Å². The lowest BCUT2D eigenvalue weighted by molar-refractivity contribution is -0.591. The van der Waals surface area contributed by atoms with Gasteiger partial charge >= 0.3 is 0 Å². The summed E-state index contributed by atoms with van der Waals surface area (Å²) >= 11 is 0. The highest BCUT2D eigenvalue weighted by Gasteiger charge is 2.17. The zero-order chi connectivity index (χ0) is 15.6. The molecule has 0 spiro atoms. The van der Waals surface area contributed by atoms with Gasteiger partial charge in [0.1, 0.15) is 23.5 Å². The van der Waals surface area contributed by atoms with E-state index in [9.17, 15) is 0 Å². The van der Waals surface area contributed by atoms with Crippen molar-refractivity contribution in [3.63, 3.8) is 0 Å². The molecule has 0 saturated heterocycles. The molecule has 4 nitrogen and oxygen atoms in total. The molecule has 23 heavy (non-hydrogen) atoms. The highest BCUT2D eigenvalue weighted by molar-refractivity contribution is 6.04. The van der Waals surface area contributed by atoms with E-state index >= 15 is 0 Å². The molecule has 0 amide bonds. The molecule has 0 unspecified atom stereocenters. The number of nitrogens with zero attached hydrogens (tertiary/aromatic N) is 2. The number of fused-ring (bicyclic) bond motifs is 3. The number of rotatable bonds is 4. The van der Waals surface area contributed by atoms with Crippen molar-refractivity contribution >= 4 is 27.9 Å². The fourth-order valence-corrected chi connectivity index (χ4v) is 2.79. The predicted octanol–water partition coefficient (Wildman–Crippen LogP) is 3.33. The first kappa shape index (κ1) is 13.9. The van der Waals surface area contributed by atoms with Crippen LogP contribution < -0.4 is 5.32 Å². The van der Waals surface area contributed by atoms with E-state index in [4.69, 9.17) is 4.42 Å². The number of aryl methyl sites for hydroxylation is 1. The molecule has 2 aromatic heterocycles. The average Bonchev–Trinajstić information content (AvgIpc) is 2.99. The van der Waals surface area contributed by atoms with E-state index in [1.54, 1.807) is 0 Å². The summed E-state index contributed by atoms with van der Waals surface area (Å²) in [5, 5.41) is 3.18. The highest BCUT2D eigenvalue weighted by Crippen LogP contribution is 2.29. The normalized spacial score (nSPS) is 11.3. The maximum absolute atomic E-state index is 6.02. The molecule has 0 aliphatic heterocycles. The van der Waals surface area contributed by atoms with Crippen LogP contribution in [0.3, 0.4) is 0 Å². The van der Waals surface area contributed by atoms with Crippen LogP contribution in [0, 0.1) is 0 Å². The second-order valence-electron chi connectivity index (χ2n) is 5.55. The van der Waals surface area contributed by atoms with E-state index in [2.05, 4.69) is 52.5 Å². The third kappa shape index (κ3) is 2.58. The third-order valence-corrected chi connectivity index (χ3v) is 3.98. The van der Waals surface area contributed by atoms with Crippen molar-refractivity contribution in [2.75, 3.05) is 0 Å². The molecule has 0 atom stereocenters. The minimum absolute atomic E-state index is 0.777. The van der Waals surface area contributed by atoms with Crippen LogP contribution >= 0.6 is 0 Å². The lowest BCUT2D eigenvalue weighted by Gasteiger charge is -2.03. The van der Waals surface area contributed by atoms with Crippen LogP contribution in [-0.2, 0) is 13.0 Å². The van der Waals surface area contributed by atoms with E-state index in [1.807, 2.05) is 24.3 Å². The summed E-state index contributed by atoms with van der Waals surface area (Å²) in [4.78, 5) is 9.34. The summed E-state index contributed by atoms with van der Waals surface area (Å²) in [5.74, 6) is 1.73. The highest BCUT2D eigenvalue weighted by atomic mass is 16.3. The van der Waals surface area contributed by atoms with Gasteiger partial charge in [0, 0.05) is 17.4 Å². The molecule has 0 saturated carbocycles. The van der Waals surface area contributed by atoms with Crippen LogP contribution in [-0.4, -0.2) is 9.97 Å². The lowest BCUT2D eigenvalue weighted by atomic mass is 10.2. The Kier molecular flexibility index (Phi) is 3.52. The SMILES string of the molecule is CCc1nc([NH2+]Cc2ccccc2)c2oc3ccccc3c2n1. The lowest BCUT2D eigenvalue weighted by Crippen LogP contribution is -2.76. The quantitative estimate of drug-likeness (QED) is 0.629. The van der Waals surface area contributed by atoms with Gasteiger partial charge in [0.2, 0.25) is 5.58 Å². The Morgan fingerprint density at radius 1 is 0.957 bits per heavy atom. The Hall–Kier alpha value is -2.72. The average molecular weight is 304 g/mol. The monoisotopic (exact) mass is 304 g/mol. The number of furan rings is 1. The molecule has 114 valence electrons. The van der Waals surface area contributed by atoms with Crippen LogP contribution in [0.15, 0.2) is 59.0 Å². The maximum atomic E-state index is 6.02. The number of hydrogen-bond acceptors (Lipinski definition) is 3. The Morgan fingerprint density at radius 3 is 2.57 bits per heavy atom. The molecule has 0 radical (unpaired) electrons. The van der Waals surface area contributed by atoms with Gasteiger partial charge in [-0.25, -0.2) is 4.98 Å². The summed E-state index contributed by atoms with van der Waals surface area (Å²) in [5.41, 5.74) is 3.80. The summed E-state index contributed by atoms with van der Waals surface area (Å²) in [6, 6.07) is 18.4. The van der Waals surface area contributed by atoms with Gasteiger partial charge in [-0.05, 0) is 12.1 Å². The number of nitrogens with two attached hydrogens (primary N) is 1. The van der Waals surface area contributed by atoms with Crippen molar-refractivity contribution in [3.8, 4) is 0 Å². The van der Waals surface area contributed by atoms with Crippen molar-refractivity contribution < 1.29 is 9.73 Å². The number of aromatic nitrogens is 2. The summed E-state index contributed by atoms with van der Waals surface area (Å²) < 4.78 is 6.02. The van der Waals surface area contributed by atoms with Gasteiger partial charge in [0.05, 0.1) is 0 Å². The molecular weight excluding hydrogens is 286 g/mol. The Morgan fingerprint density at radius 2 is 1.74 bits per heavy atom. The Labute approximate surface area is 134 Å². The van der Waals surface area contributed by atoms with E-state index < -0.39 is 0 Å². The molecule has 0 aliphatic rings. The fourth-order valence-electron chi connectivity index (χ4n) is 2.79. The van der Waals surface area contributed by atoms with Crippen LogP contribution in [0.2, 0.25) is 0 Å². The Balaban J connectivity index is 1.81. The first-order chi connectivity index (χ1) is 11.3. The van der Waals surface area contributed by atoms with Crippen molar-refractivity contribution in [3.05, 3.63) is 66.0 Å². The van der Waals surface area contributed by atoms with Crippen LogP contribution in [0.5, 0.6) is 0 Å². The van der Waals surface area contributed by atoms with Gasteiger partial charge < -0.3 is 4.42 Å². The minimum atomic E-state index is 0.777. The first-order valence-electron chi connectivity index (χ1n) is 7.90. The van der Waals surface area contributed by atoms with E-state index in [-0.39, 0.29) is 0 Å². The number of para-hydroxylation sites is 1. The number of quaternary nitrogens is 1. The number of hydrogen-bond donors (Lipinski definition) is 1. The molecule has 0 bridgehead atoms. The van der Waals surface area contributed by atoms with E-state index in [0.29, 0.717) is 0 Å². The van der Waals surface area contributed by atoms with Crippen LogP contribution in [0.4, 0.5) is 5.82 Å². The third-order valence-electron chi connectivity index (χ3n) is 3.98. The molecule has 0 aliphatic carbocycles. The molecule has 2 aromatic carbocycles. The smallest absolute Gasteiger partial charge is 0.272 e. The van der Waals surface area contributed by atoms with Crippen molar-refractivity contribution in [2.24, 2.45) is 0 Å². The summed E-state index contributed by atoms with van der Waals surface area (Å²) in [6.45, 7) is 2.90. The molecule has 4 aromatic rings. The first-order valence-corrected chi connectivity index (χ1v) is 7.90. The zero-order valence-corrected chi connectivity index (χ0v) is 13.0. The molecular formula is C19H18N3O+. The van der Waals surface area contributed by atoms with Gasteiger partial charge in [-0.15, -0.1) is 0 Å². The minimum Gasteiger partial charge on any atom is -0.446 e. The van der Waals surface area contributed by atoms with Crippen molar-refractivity contribution in [1.82, 2.24) is 9.97 Å². The van der Waals surface area contributed by atoms with Gasteiger partial charge in [0.15, 0.2) is 0 Å². The zero-order valence-electron chi connectivity index (χ0n) is 13.0. The van der Waals surface area contributed by atoms with Crippen LogP contribution in [0.1, 0.15) is 18.3 Å².